The molecule has 5 N–H and O–H groups in total. The lowest BCUT2D eigenvalue weighted by atomic mass is 10.0. The van der Waals surface area contributed by atoms with Gasteiger partial charge in [-0.05, 0) is 42.0 Å². The smallest absolute Gasteiger partial charge is 0.312 e. The molecule has 0 radical (unpaired) electrons. The van der Waals surface area contributed by atoms with Crippen molar-refractivity contribution < 1.29 is 14.4 Å². The first-order valence-electron chi connectivity index (χ1n) is 8.11. The number of hydrogen-bond donors (Lipinski definition) is 4. The molecule has 0 heterocycles. The number of thioether (sulfide) groups is 1. The van der Waals surface area contributed by atoms with Gasteiger partial charge in [0.2, 0.25) is 11.8 Å². The van der Waals surface area contributed by atoms with Gasteiger partial charge in [0, 0.05) is 14.9 Å². The number of urea groups is 1. The Hall–Kier alpha value is -2.42. The molecule has 28 heavy (non-hydrogen) atoms. The molecular formula is C18H18Cl2N4O3S. The van der Waals surface area contributed by atoms with E-state index in [1.165, 1.54) is 11.8 Å². The summed E-state index contributed by atoms with van der Waals surface area (Å²) in [5.74, 6) is -0.750. The zero-order valence-electron chi connectivity index (χ0n) is 14.6. The summed E-state index contributed by atoms with van der Waals surface area (Å²) in [6.07, 6.45) is -0.116. The van der Waals surface area contributed by atoms with Crippen LogP contribution in [0, 0.1) is 0 Å². The summed E-state index contributed by atoms with van der Waals surface area (Å²) in [7, 11) is 0. The summed E-state index contributed by atoms with van der Waals surface area (Å²) in [4.78, 5) is 36.1. The number of primary amides is 1. The number of carbonyl (C=O) groups is 3. The molecule has 0 unspecified atom stereocenters. The molecule has 2 rings (SSSR count). The van der Waals surface area contributed by atoms with Crippen LogP contribution in [-0.2, 0) is 9.59 Å². The Morgan fingerprint density at radius 1 is 0.893 bits per heavy atom. The maximum Gasteiger partial charge on any atom is 0.312 e. The Bertz CT molecular complexity index is 832. The second kappa shape index (κ2) is 10.8. The van der Waals surface area contributed by atoms with Crippen molar-refractivity contribution in [3.63, 3.8) is 0 Å². The summed E-state index contributed by atoms with van der Waals surface area (Å²) in [5.41, 5.74) is 10.5. The summed E-state index contributed by atoms with van der Waals surface area (Å²) >= 11 is 13.0. The fraction of sp³-hybridized carbons (Fsp3) is 0.167. The molecule has 1 atom stereocenters. The molecule has 10 heteroatoms. The molecule has 0 aliphatic heterocycles. The van der Waals surface area contributed by atoms with Gasteiger partial charge in [-0.3, -0.25) is 20.4 Å². The second-order valence-electron chi connectivity index (χ2n) is 5.66. The molecule has 0 aliphatic carbocycles. The molecule has 0 fully saturated rings. The van der Waals surface area contributed by atoms with Gasteiger partial charge in [-0.15, -0.1) is 11.8 Å². The van der Waals surface area contributed by atoms with Crippen molar-refractivity contribution in [2.45, 2.75) is 17.4 Å². The first-order chi connectivity index (χ1) is 13.3. The zero-order valence-corrected chi connectivity index (χ0v) is 16.9. The van der Waals surface area contributed by atoms with E-state index < -0.39 is 18.0 Å². The highest BCUT2D eigenvalue weighted by Gasteiger charge is 2.18. The largest absolute Gasteiger partial charge is 0.352 e. The molecule has 0 spiro atoms. The SMILES string of the molecule is NC(=O)N[C@@H](CC(=O)NNC(=O)CSc1ccc(Cl)cc1)c1ccc(Cl)cc1. The lowest BCUT2D eigenvalue weighted by Gasteiger charge is -2.18. The topological polar surface area (TPSA) is 113 Å². The quantitative estimate of drug-likeness (QED) is 0.391. The van der Waals surface area contributed by atoms with E-state index in [9.17, 15) is 14.4 Å². The molecule has 148 valence electrons. The van der Waals surface area contributed by atoms with Crippen LogP contribution in [0.15, 0.2) is 53.4 Å². The molecule has 4 amide bonds. The fourth-order valence-electron chi connectivity index (χ4n) is 2.21. The van der Waals surface area contributed by atoms with E-state index in [1.54, 1.807) is 48.5 Å². The number of halogens is 2. The normalized spacial score (nSPS) is 11.4. The Kier molecular flexibility index (Phi) is 8.43. The predicted molar refractivity (Wildman–Crippen MR) is 110 cm³/mol. The molecule has 2 aromatic rings. The van der Waals surface area contributed by atoms with E-state index >= 15 is 0 Å². The van der Waals surface area contributed by atoms with E-state index in [4.69, 9.17) is 28.9 Å². The van der Waals surface area contributed by atoms with Crippen molar-refractivity contribution in [2.24, 2.45) is 5.73 Å². The minimum absolute atomic E-state index is 0.113. The van der Waals surface area contributed by atoms with Crippen LogP contribution in [-0.4, -0.2) is 23.6 Å². The van der Waals surface area contributed by atoms with Crippen LogP contribution in [0.25, 0.3) is 0 Å². The molecule has 2 aromatic carbocycles. The van der Waals surface area contributed by atoms with Gasteiger partial charge in [-0.25, -0.2) is 4.79 Å². The Labute approximate surface area is 176 Å². The van der Waals surface area contributed by atoms with Gasteiger partial charge in [0.05, 0.1) is 18.2 Å². The molecule has 7 nitrogen and oxygen atoms in total. The van der Waals surface area contributed by atoms with E-state index in [0.717, 1.165) is 4.90 Å². The van der Waals surface area contributed by atoms with Crippen LogP contribution in [0.4, 0.5) is 4.79 Å². The van der Waals surface area contributed by atoms with Crippen molar-refractivity contribution in [3.8, 4) is 0 Å². The maximum absolute atomic E-state index is 12.1. The number of hydrazine groups is 1. The van der Waals surface area contributed by atoms with E-state index in [1.807, 2.05) is 0 Å². The standard InChI is InChI=1S/C18H18Cl2N4O3S/c19-12-3-1-11(2-4-12)15(22-18(21)27)9-16(25)23-24-17(26)10-28-14-7-5-13(20)6-8-14/h1-8,15H,9-10H2,(H,23,25)(H,24,26)(H3,21,22,27)/t15-/m0/s1. The number of nitrogens with two attached hydrogens (primary N) is 1. The van der Waals surface area contributed by atoms with Crippen LogP contribution in [0.2, 0.25) is 10.0 Å². The third kappa shape index (κ3) is 7.67. The van der Waals surface area contributed by atoms with Crippen LogP contribution < -0.4 is 21.9 Å². The average molecular weight is 441 g/mol. The molecule has 0 aromatic heterocycles. The van der Waals surface area contributed by atoms with Crippen LogP contribution in [0.1, 0.15) is 18.0 Å². The van der Waals surface area contributed by atoms with Crippen molar-refractivity contribution in [1.29, 1.82) is 0 Å². The highest BCUT2D eigenvalue weighted by Crippen LogP contribution is 2.20. The summed E-state index contributed by atoms with van der Waals surface area (Å²) in [6.45, 7) is 0. The summed E-state index contributed by atoms with van der Waals surface area (Å²) in [5, 5.41) is 3.63. The maximum atomic E-state index is 12.1. The minimum Gasteiger partial charge on any atom is -0.352 e. The molecule has 0 bridgehead atoms. The lowest BCUT2D eigenvalue weighted by molar-refractivity contribution is -0.127. The van der Waals surface area contributed by atoms with Gasteiger partial charge in [0.25, 0.3) is 0 Å². The number of nitrogens with one attached hydrogen (secondary N) is 3. The monoisotopic (exact) mass is 440 g/mol. The van der Waals surface area contributed by atoms with Crippen molar-refractivity contribution in [2.75, 3.05) is 5.75 Å². The Morgan fingerprint density at radius 2 is 1.43 bits per heavy atom. The second-order valence-corrected chi connectivity index (χ2v) is 7.58. The van der Waals surface area contributed by atoms with E-state index in [2.05, 4.69) is 16.2 Å². The number of amides is 4. The summed E-state index contributed by atoms with van der Waals surface area (Å²) < 4.78 is 0. The van der Waals surface area contributed by atoms with Gasteiger partial charge in [-0.2, -0.15) is 0 Å². The highest BCUT2D eigenvalue weighted by molar-refractivity contribution is 8.00. The van der Waals surface area contributed by atoms with E-state index in [-0.39, 0.29) is 18.1 Å². The summed E-state index contributed by atoms with van der Waals surface area (Å²) in [6, 6.07) is 12.3. The third-order valence-electron chi connectivity index (χ3n) is 3.50. The fourth-order valence-corrected chi connectivity index (χ4v) is 3.16. The van der Waals surface area contributed by atoms with Gasteiger partial charge >= 0.3 is 6.03 Å². The minimum atomic E-state index is -0.767. The van der Waals surface area contributed by atoms with Crippen molar-refractivity contribution >= 4 is 52.8 Å². The van der Waals surface area contributed by atoms with Gasteiger partial charge in [-0.1, -0.05) is 35.3 Å². The zero-order chi connectivity index (χ0) is 20.5. The van der Waals surface area contributed by atoms with Crippen LogP contribution in [0.3, 0.4) is 0 Å². The van der Waals surface area contributed by atoms with E-state index in [0.29, 0.717) is 15.6 Å². The average Bonchev–Trinajstić information content (AvgIpc) is 2.65. The third-order valence-corrected chi connectivity index (χ3v) is 5.02. The Balaban J connectivity index is 1.82. The lowest BCUT2D eigenvalue weighted by Crippen LogP contribution is -2.44. The molecular weight excluding hydrogens is 423 g/mol. The molecule has 0 aliphatic rings. The highest BCUT2D eigenvalue weighted by atomic mass is 35.5. The number of rotatable bonds is 7. The Morgan fingerprint density at radius 3 is 2.00 bits per heavy atom. The molecule has 0 saturated heterocycles. The number of carbonyl (C=O) groups excluding carboxylic acids is 3. The first kappa shape index (κ1) is 21.9. The van der Waals surface area contributed by atoms with Gasteiger partial charge in [0.1, 0.15) is 0 Å². The van der Waals surface area contributed by atoms with Crippen LogP contribution >= 0.6 is 35.0 Å². The van der Waals surface area contributed by atoms with Crippen LogP contribution in [0.5, 0.6) is 0 Å². The molecule has 0 saturated carbocycles. The number of hydrogen-bond acceptors (Lipinski definition) is 4. The number of benzene rings is 2. The predicted octanol–water partition coefficient (Wildman–Crippen LogP) is 3.03. The first-order valence-corrected chi connectivity index (χ1v) is 9.85. The van der Waals surface area contributed by atoms with Crippen molar-refractivity contribution in [1.82, 2.24) is 16.2 Å². The van der Waals surface area contributed by atoms with Gasteiger partial charge in [0.15, 0.2) is 0 Å². The van der Waals surface area contributed by atoms with Crippen molar-refractivity contribution in [3.05, 3.63) is 64.1 Å². The van der Waals surface area contributed by atoms with Gasteiger partial charge < -0.3 is 11.1 Å².